The van der Waals surface area contributed by atoms with Gasteiger partial charge in [0.15, 0.2) is 0 Å². The van der Waals surface area contributed by atoms with Crippen LogP contribution in [0.2, 0.25) is 5.02 Å². The van der Waals surface area contributed by atoms with Crippen LogP contribution in [-0.2, 0) is 6.54 Å². The van der Waals surface area contributed by atoms with Crippen LogP contribution in [0.3, 0.4) is 0 Å². The second-order valence-corrected chi connectivity index (χ2v) is 8.66. The van der Waals surface area contributed by atoms with E-state index in [1.165, 1.54) is 29.1 Å². The molecule has 5 rings (SSSR count). The molecule has 1 aliphatic heterocycles. The number of rotatable bonds is 3. The number of fused-ring (bicyclic) bond motifs is 2. The van der Waals surface area contributed by atoms with E-state index < -0.39 is 18.5 Å². The zero-order valence-electron chi connectivity index (χ0n) is 17.8. The first-order valence-corrected chi connectivity index (χ1v) is 11.1. The molecule has 0 N–H and O–H groups in total. The number of aromatic nitrogens is 5. The van der Waals surface area contributed by atoms with Gasteiger partial charge in [-0.05, 0) is 18.9 Å². The molecule has 0 radical (unpaired) electrons. The molecule has 178 valence electrons. The maximum Gasteiger partial charge on any atom is 0.408 e. The van der Waals surface area contributed by atoms with Crippen molar-refractivity contribution in [3.63, 3.8) is 0 Å². The fraction of sp³-hybridized carbons (Fsp3) is 0.364. The number of pyridine rings is 2. The van der Waals surface area contributed by atoms with Crippen LogP contribution >= 0.6 is 11.6 Å². The van der Waals surface area contributed by atoms with Gasteiger partial charge in [-0.2, -0.15) is 18.3 Å². The molecule has 1 aliphatic rings. The number of carbonyl (C=O) groups is 1. The predicted octanol–water partition coefficient (Wildman–Crippen LogP) is 5.12. The molecule has 5 heterocycles. The highest BCUT2D eigenvalue weighted by Gasteiger charge is 2.31. The summed E-state index contributed by atoms with van der Waals surface area (Å²) in [6, 6.07) is 2.47. The molecule has 0 saturated carbocycles. The summed E-state index contributed by atoms with van der Waals surface area (Å²) >= 11 is 5.90. The standard InChI is InChI=1S/C22H19ClF4N6O/c23-14-11-32-18(10-29-19(32)7-15(14)24)20-13-9-28-16(21(34)31-5-3-1-2-4-6-31)8-17(13)33(30-20)12-22(25,26)27/h7-11H,1-6,12H2. The van der Waals surface area contributed by atoms with E-state index >= 15 is 0 Å². The van der Waals surface area contributed by atoms with Crippen LogP contribution in [0.4, 0.5) is 17.6 Å². The monoisotopic (exact) mass is 494 g/mol. The molecule has 0 aliphatic carbocycles. The molecule has 1 fully saturated rings. The first-order chi connectivity index (χ1) is 16.2. The lowest BCUT2D eigenvalue weighted by Crippen LogP contribution is -2.32. The SMILES string of the molecule is O=C(c1cc2c(cn1)c(-c1cnc3cc(F)c(Cl)cn13)nn2CC(F)(F)F)N1CCCCCC1. The molecule has 0 bridgehead atoms. The second-order valence-electron chi connectivity index (χ2n) is 8.26. The molecule has 4 aromatic rings. The zero-order chi connectivity index (χ0) is 24.0. The lowest BCUT2D eigenvalue weighted by molar-refractivity contribution is -0.141. The molecular formula is C22H19ClF4N6O. The van der Waals surface area contributed by atoms with Crippen molar-refractivity contribution >= 4 is 34.1 Å². The predicted molar refractivity (Wildman–Crippen MR) is 117 cm³/mol. The summed E-state index contributed by atoms with van der Waals surface area (Å²) < 4.78 is 56.1. The molecule has 0 aromatic carbocycles. The molecule has 0 spiro atoms. The van der Waals surface area contributed by atoms with E-state index in [1.54, 1.807) is 4.90 Å². The molecule has 34 heavy (non-hydrogen) atoms. The van der Waals surface area contributed by atoms with Crippen LogP contribution in [0.5, 0.6) is 0 Å². The summed E-state index contributed by atoms with van der Waals surface area (Å²) in [6.45, 7) is -0.174. The van der Waals surface area contributed by atoms with Crippen molar-refractivity contribution in [1.82, 2.24) is 29.0 Å². The van der Waals surface area contributed by atoms with Gasteiger partial charge in [-0.1, -0.05) is 24.4 Å². The Morgan fingerprint density at radius 1 is 1.06 bits per heavy atom. The van der Waals surface area contributed by atoms with Gasteiger partial charge in [0.25, 0.3) is 5.91 Å². The van der Waals surface area contributed by atoms with Crippen molar-refractivity contribution in [3.8, 4) is 11.4 Å². The number of imidazole rings is 1. The summed E-state index contributed by atoms with van der Waals surface area (Å²) in [4.78, 5) is 23.1. The summed E-state index contributed by atoms with van der Waals surface area (Å²) in [5, 5.41) is 4.31. The Balaban J connectivity index is 1.64. The largest absolute Gasteiger partial charge is 0.408 e. The van der Waals surface area contributed by atoms with Gasteiger partial charge in [-0.3, -0.25) is 18.9 Å². The zero-order valence-corrected chi connectivity index (χ0v) is 18.6. The molecule has 12 heteroatoms. The van der Waals surface area contributed by atoms with E-state index in [0.717, 1.165) is 36.4 Å². The average Bonchev–Trinajstić information content (AvgIpc) is 3.20. The third-order valence-electron chi connectivity index (χ3n) is 5.87. The number of likely N-dealkylation sites (tertiary alicyclic amines) is 1. The van der Waals surface area contributed by atoms with Gasteiger partial charge in [0.1, 0.15) is 29.4 Å². The van der Waals surface area contributed by atoms with E-state index in [2.05, 4.69) is 15.1 Å². The van der Waals surface area contributed by atoms with Gasteiger partial charge < -0.3 is 4.90 Å². The van der Waals surface area contributed by atoms with Crippen molar-refractivity contribution < 1.29 is 22.4 Å². The van der Waals surface area contributed by atoms with Crippen LogP contribution in [0, 0.1) is 5.82 Å². The van der Waals surface area contributed by atoms with E-state index in [4.69, 9.17) is 11.6 Å². The van der Waals surface area contributed by atoms with Gasteiger partial charge in [0, 0.05) is 36.9 Å². The Bertz CT molecular complexity index is 1390. The van der Waals surface area contributed by atoms with Crippen molar-refractivity contribution in [2.45, 2.75) is 38.4 Å². The summed E-state index contributed by atoms with van der Waals surface area (Å²) in [5.74, 6) is -0.987. The average molecular weight is 495 g/mol. The number of amides is 1. The number of alkyl halides is 3. The Kier molecular flexibility index (Phi) is 5.67. The highest BCUT2D eigenvalue weighted by atomic mass is 35.5. The molecule has 7 nitrogen and oxygen atoms in total. The summed E-state index contributed by atoms with van der Waals surface area (Å²) in [6.07, 6.45) is 3.29. The van der Waals surface area contributed by atoms with Gasteiger partial charge in [-0.15, -0.1) is 0 Å². The molecule has 1 amide bonds. The number of hydrogen-bond acceptors (Lipinski definition) is 4. The Morgan fingerprint density at radius 2 is 1.79 bits per heavy atom. The van der Waals surface area contributed by atoms with Gasteiger partial charge in [0.05, 0.1) is 22.4 Å². The first kappa shape index (κ1) is 22.6. The minimum atomic E-state index is -4.54. The minimum Gasteiger partial charge on any atom is -0.337 e. The quantitative estimate of drug-likeness (QED) is 0.371. The second kappa shape index (κ2) is 8.53. The topological polar surface area (TPSA) is 68.3 Å². The molecule has 0 atom stereocenters. The first-order valence-electron chi connectivity index (χ1n) is 10.8. The van der Waals surface area contributed by atoms with Crippen molar-refractivity contribution in [1.29, 1.82) is 0 Å². The van der Waals surface area contributed by atoms with E-state index in [9.17, 15) is 22.4 Å². The Hall–Kier alpha value is -3.21. The maximum atomic E-state index is 13.8. The molecular weight excluding hydrogens is 476 g/mol. The van der Waals surface area contributed by atoms with Crippen LogP contribution < -0.4 is 0 Å². The third kappa shape index (κ3) is 4.20. The number of halogens is 5. The van der Waals surface area contributed by atoms with E-state index in [-0.39, 0.29) is 33.5 Å². The number of nitrogens with zero attached hydrogens (tertiary/aromatic N) is 6. The lowest BCUT2D eigenvalue weighted by atomic mass is 10.2. The Morgan fingerprint density at radius 3 is 2.50 bits per heavy atom. The smallest absolute Gasteiger partial charge is 0.337 e. The highest BCUT2D eigenvalue weighted by molar-refractivity contribution is 6.30. The summed E-state index contributed by atoms with van der Waals surface area (Å²) in [7, 11) is 0. The van der Waals surface area contributed by atoms with Crippen LogP contribution in [0.25, 0.3) is 27.9 Å². The van der Waals surface area contributed by atoms with Gasteiger partial charge >= 0.3 is 6.18 Å². The minimum absolute atomic E-state index is 0.0625. The normalized spacial score (nSPS) is 15.3. The fourth-order valence-corrected chi connectivity index (χ4v) is 4.40. The van der Waals surface area contributed by atoms with Crippen molar-refractivity contribution in [3.05, 3.63) is 47.3 Å². The van der Waals surface area contributed by atoms with Crippen LogP contribution in [0.15, 0.2) is 30.7 Å². The van der Waals surface area contributed by atoms with Crippen LogP contribution in [-0.4, -0.2) is 54.2 Å². The highest BCUT2D eigenvalue weighted by Crippen LogP contribution is 2.32. The van der Waals surface area contributed by atoms with Gasteiger partial charge in [-0.25, -0.2) is 9.37 Å². The summed E-state index contributed by atoms with van der Waals surface area (Å²) in [5.41, 5.74) is 0.874. The van der Waals surface area contributed by atoms with Gasteiger partial charge in [0.2, 0.25) is 0 Å². The Labute approximate surface area is 196 Å². The molecule has 1 saturated heterocycles. The maximum absolute atomic E-state index is 13.8. The van der Waals surface area contributed by atoms with Crippen molar-refractivity contribution in [2.24, 2.45) is 0 Å². The molecule has 0 unspecified atom stereocenters. The van der Waals surface area contributed by atoms with E-state index in [1.807, 2.05) is 0 Å². The number of hydrogen-bond donors (Lipinski definition) is 0. The number of carbonyl (C=O) groups excluding carboxylic acids is 1. The van der Waals surface area contributed by atoms with Crippen molar-refractivity contribution in [2.75, 3.05) is 13.1 Å². The van der Waals surface area contributed by atoms with Crippen LogP contribution in [0.1, 0.15) is 36.2 Å². The van der Waals surface area contributed by atoms with E-state index in [0.29, 0.717) is 24.2 Å². The molecule has 4 aromatic heterocycles. The lowest BCUT2D eigenvalue weighted by Gasteiger charge is -2.19. The fourth-order valence-electron chi connectivity index (χ4n) is 4.25. The third-order valence-corrected chi connectivity index (χ3v) is 6.15.